The van der Waals surface area contributed by atoms with E-state index in [0.717, 1.165) is 24.2 Å². The molecule has 0 bridgehead atoms. The summed E-state index contributed by atoms with van der Waals surface area (Å²) in [6.45, 7) is 4.10. The fourth-order valence-electron chi connectivity index (χ4n) is 2.37. The maximum absolute atomic E-state index is 12.0. The first-order valence-electron chi connectivity index (χ1n) is 7.50. The van der Waals surface area contributed by atoms with Crippen molar-refractivity contribution in [3.63, 3.8) is 0 Å². The molecule has 0 saturated heterocycles. The molecule has 1 aliphatic rings. The molecule has 0 unspecified atom stereocenters. The number of benzene rings is 1. The third kappa shape index (κ3) is 3.24. The molecule has 3 rings (SSSR count). The molecule has 1 aromatic heterocycles. The Morgan fingerprint density at radius 1 is 1.48 bits per heavy atom. The number of fused-ring (bicyclic) bond motifs is 1. The second kappa shape index (κ2) is 5.48. The van der Waals surface area contributed by atoms with Gasteiger partial charge < -0.3 is 15.5 Å². The van der Waals surface area contributed by atoms with E-state index in [9.17, 15) is 4.79 Å². The van der Waals surface area contributed by atoms with Crippen LogP contribution in [0.5, 0.6) is 0 Å². The number of nitrogens with two attached hydrogens (primary N) is 1. The van der Waals surface area contributed by atoms with Gasteiger partial charge in [-0.3, -0.25) is 4.79 Å². The number of nitrogens with one attached hydrogen (secondary N) is 1. The minimum absolute atomic E-state index is 0.162. The number of carbonyl (C=O) groups is 1. The van der Waals surface area contributed by atoms with Gasteiger partial charge in [0, 0.05) is 17.7 Å². The lowest BCUT2D eigenvalue weighted by Gasteiger charge is -2.13. The molecule has 1 amide bonds. The number of oxazole rings is 1. The maximum Gasteiger partial charge on any atom is 0.241 e. The van der Waals surface area contributed by atoms with Crippen LogP contribution in [0.4, 0.5) is 5.69 Å². The fraction of sp³-hybridized carbons (Fsp3) is 0.500. The standard InChI is InChI=1S/C16H21N3O2/c1-9(2)7-12(17)15(20)18-11-5-6-13-14(8-11)21-16(19-13)10-3-4-10/h5-6,8-10,12H,3-4,7,17H2,1-2H3,(H,18,20)/t12-/m0/s1. The van der Waals surface area contributed by atoms with Crippen LogP contribution in [-0.2, 0) is 4.79 Å². The number of anilines is 1. The van der Waals surface area contributed by atoms with Gasteiger partial charge in [-0.25, -0.2) is 4.98 Å². The van der Waals surface area contributed by atoms with E-state index < -0.39 is 6.04 Å². The van der Waals surface area contributed by atoms with Crippen LogP contribution >= 0.6 is 0 Å². The van der Waals surface area contributed by atoms with Crippen molar-refractivity contribution in [3.05, 3.63) is 24.1 Å². The number of hydrogen-bond acceptors (Lipinski definition) is 4. The zero-order valence-electron chi connectivity index (χ0n) is 12.4. The first-order chi connectivity index (χ1) is 10.0. The van der Waals surface area contributed by atoms with Crippen LogP contribution in [0.15, 0.2) is 22.6 Å². The molecular formula is C16H21N3O2. The first-order valence-corrected chi connectivity index (χ1v) is 7.50. The summed E-state index contributed by atoms with van der Waals surface area (Å²) in [4.78, 5) is 16.5. The summed E-state index contributed by atoms with van der Waals surface area (Å²) in [7, 11) is 0. The SMILES string of the molecule is CC(C)C[C@H](N)C(=O)Nc1ccc2nc(C3CC3)oc2c1. The van der Waals surface area contributed by atoms with Gasteiger partial charge in [0.05, 0.1) is 6.04 Å². The quantitative estimate of drug-likeness (QED) is 0.885. The molecule has 1 saturated carbocycles. The van der Waals surface area contributed by atoms with Crippen molar-refractivity contribution in [3.8, 4) is 0 Å². The largest absolute Gasteiger partial charge is 0.440 e. The predicted molar refractivity (Wildman–Crippen MR) is 82.0 cm³/mol. The number of aromatic nitrogens is 1. The molecule has 1 aromatic carbocycles. The van der Waals surface area contributed by atoms with Crippen LogP contribution in [0.2, 0.25) is 0 Å². The molecule has 1 fully saturated rings. The van der Waals surface area contributed by atoms with E-state index in [1.54, 1.807) is 0 Å². The van der Waals surface area contributed by atoms with Gasteiger partial charge in [0.25, 0.3) is 0 Å². The Bertz CT molecular complexity index is 659. The lowest BCUT2D eigenvalue weighted by Crippen LogP contribution is -2.36. The number of rotatable bonds is 5. The Kier molecular flexibility index (Phi) is 3.68. The lowest BCUT2D eigenvalue weighted by molar-refractivity contribution is -0.117. The Hall–Kier alpha value is -1.88. The number of nitrogens with zero attached hydrogens (tertiary/aromatic N) is 1. The van der Waals surface area contributed by atoms with E-state index in [4.69, 9.17) is 10.2 Å². The molecule has 0 radical (unpaired) electrons. The molecule has 3 N–H and O–H groups in total. The summed E-state index contributed by atoms with van der Waals surface area (Å²) in [6, 6.07) is 5.03. The molecule has 1 heterocycles. The molecule has 112 valence electrons. The third-order valence-corrected chi connectivity index (χ3v) is 3.66. The molecule has 5 heteroatoms. The van der Waals surface area contributed by atoms with E-state index in [0.29, 0.717) is 29.5 Å². The zero-order valence-corrected chi connectivity index (χ0v) is 12.4. The van der Waals surface area contributed by atoms with Crippen LogP contribution in [0, 0.1) is 5.92 Å². The average molecular weight is 287 g/mol. The van der Waals surface area contributed by atoms with Gasteiger partial charge in [0.2, 0.25) is 5.91 Å². The topological polar surface area (TPSA) is 81.2 Å². The summed E-state index contributed by atoms with van der Waals surface area (Å²) in [6.07, 6.45) is 2.98. The third-order valence-electron chi connectivity index (χ3n) is 3.66. The Balaban J connectivity index is 1.73. The highest BCUT2D eigenvalue weighted by atomic mass is 16.3. The molecule has 5 nitrogen and oxygen atoms in total. The van der Waals surface area contributed by atoms with Crippen molar-refractivity contribution in [2.24, 2.45) is 11.7 Å². The van der Waals surface area contributed by atoms with Gasteiger partial charge in [-0.1, -0.05) is 13.8 Å². The van der Waals surface area contributed by atoms with Crippen molar-refractivity contribution in [1.29, 1.82) is 0 Å². The molecule has 21 heavy (non-hydrogen) atoms. The van der Waals surface area contributed by atoms with E-state index in [1.807, 2.05) is 32.0 Å². The van der Waals surface area contributed by atoms with Crippen LogP contribution in [0.25, 0.3) is 11.1 Å². The number of hydrogen-bond donors (Lipinski definition) is 2. The summed E-state index contributed by atoms with van der Waals surface area (Å²) in [5, 5.41) is 2.84. The second-order valence-electron chi connectivity index (χ2n) is 6.23. The summed E-state index contributed by atoms with van der Waals surface area (Å²) < 4.78 is 5.75. The van der Waals surface area contributed by atoms with Crippen molar-refractivity contribution in [2.75, 3.05) is 5.32 Å². The Morgan fingerprint density at radius 3 is 2.90 bits per heavy atom. The average Bonchev–Trinajstić information content (AvgIpc) is 3.18. The summed E-state index contributed by atoms with van der Waals surface area (Å²) in [5.74, 6) is 1.52. The van der Waals surface area contributed by atoms with Gasteiger partial charge in [-0.15, -0.1) is 0 Å². The summed E-state index contributed by atoms with van der Waals surface area (Å²) >= 11 is 0. The molecule has 1 atom stereocenters. The highest BCUT2D eigenvalue weighted by Gasteiger charge is 2.28. The first kappa shape index (κ1) is 14.1. The normalized spacial score (nSPS) is 16.4. The predicted octanol–water partition coefficient (Wildman–Crippen LogP) is 3.02. The van der Waals surface area contributed by atoms with Gasteiger partial charge in [0.1, 0.15) is 5.52 Å². The van der Waals surface area contributed by atoms with Crippen LogP contribution in [0.3, 0.4) is 0 Å². The molecule has 0 aliphatic heterocycles. The highest BCUT2D eigenvalue weighted by Crippen LogP contribution is 2.40. The minimum Gasteiger partial charge on any atom is -0.440 e. The summed E-state index contributed by atoms with van der Waals surface area (Å²) in [5.41, 5.74) is 8.13. The monoisotopic (exact) mass is 287 g/mol. The van der Waals surface area contributed by atoms with Crippen molar-refractivity contribution < 1.29 is 9.21 Å². The van der Waals surface area contributed by atoms with Gasteiger partial charge in [-0.2, -0.15) is 0 Å². The Labute approximate surface area is 123 Å². The lowest BCUT2D eigenvalue weighted by atomic mass is 10.0. The molecular weight excluding hydrogens is 266 g/mol. The van der Waals surface area contributed by atoms with Crippen molar-refractivity contribution in [1.82, 2.24) is 4.98 Å². The molecule has 0 spiro atoms. The molecule has 1 aliphatic carbocycles. The van der Waals surface area contributed by atoms with Gasteiger partial charge in [-0.05, 0) is 37.3 Å². The van der Waals surface area contributed by atoms with Crippen molar-refractivity contribution in [2.45, 2.75) is 45.1 Å². The van der Waals surface area contributed by atoms with E-state index in [1.165, 1.54) is 0 Å². The van der Waals surface area contributed by atoms with E-state index in [-0.39, 0.29) is 5.91 Å². The van der Waals surface area contributed by atoms with Crippen LogP contribution in [0.1, 0.15) is 44.9 Å². The smallest absolute Gasteiger partial charge is 0.241 e. The van der Waals surface area contributed by atoms with Gasteiger partial charge in [0.15, 0.2) is 11.5 Å². The van der Waals surface area contributed by atoms with E-state index >= 15 is 0 Å². The van der Waals surface area contributed by atoms with Crippen LogP contribution in [-0.4, -0.2) is 16.9 Å². The minimum atomic E-state index is -0.488. The molecule has 2 aromatic rings. The Morgan fingerprint density at radius 2 is 2.24 bits per heavy atom. The maximum atomic E-state index is 12.0. The van der Waals surface area contributed by atoms with Crippen molar-refractivity contribution >= 4 is 22.7 Å². The van der Waals surface area contributed by atoms with E-state index in [2.05, 4.69) is 10.3 Å². The highest BCUT2D eigenvalue weighted by molar-refractivity contribution is 5.96. The van der Waals surface area contributed by atoms with Crippen LogP contribution < -0.4 is 11.1 Å². The fourth-order valence-corrected chi connectivity index (χ4v) is 2.37. The number of amides is 1. The zero-order chi connectivity index (χ0) is 15.0. The second-order valence-corrected chi connectivity index (χ2v) is 6.23. The number of carbonyl (C=O) groups excluding carboxylic acids is 1. The van der Waals surface area contributed by atoms with Gasteiger partial charge >= 0.3 is 0 Å².